The van der Waals surface area contributed by atoms with Crippen molar-refractivity contribution in [3.63, 3.8) is 0 Å². The van der Waals surface area contributed by atoms with E-state index in [-0.39, 0.29) is 17.3 Å². The van der Waals surface area contributed by atoms with Crippen LogP contribution in [0.25, 0.3) is 0 Å². The SMILES string of the molecule is CCN1CCN=C1CCC1CCNC(C=N[C@@H]2C(=O)N3[C@@H]2SC(C)(C)[C@@H]3C(=O)O)C1. The minimum Gasteiger partial charge on any atom is -0.480 e. The number of fused-ring (bicyclic) bond motifs is 1. The minimum absolute atomic E-state index is 0.159. The fourth-order valence-electron chi connectivity index (χ4n) is 5.18. The predicted molar refractivity (Wildman–Crippen MR) is 119 cm³/mol. The topological polar surface area (TPSA) is 97.6 Å². The van der Waals surface area contributed by atoms with Crippen molar-refractivity contribution >= 4 is 35.7 Å². The van der Waals surface area contributed by atoms with Crippen molar-refractivity contribution < 1.29 is 14.7 Å². The van der Waals surface area contributed by atoms with Gasteiger partial charge in [0.2, 0.25) is 0 Å². The van der Waals surface area contributed by atoms with E-state index in [2.05, 4.69) is 27.1 Å². The lowest BCUT2D eigenvalue weighted by Crippen LogP contribution is -2.65. The Morgan fingerprint density at radius 2 is 2.27 bits per heavy atom. The van der Waals surface area contributed by atoms with Crippen molar-refractivity contribution in [2.45, 2.75) is 74.7 Å². The van der Waals surface area contributed by atoms with Gasteiger partial charge in [-0.25, -0.2) is 4.79 Å². The van der Waals surface area contributed by atoms with Gasteiger partial charge in [-0.2, -0.15) is 0 Å². The number of hydrogen-bond acceptors (Lipinski definition) is 7. The molecule has 4 aliphatic rings. The van der Waals surface area contributed by atoms with Gasteiger partial charge in [0.05, 0.1) is 12.4 Å². The van der Waals surface area contributed by atoms with Crippen LogP contribution in [0, 0.1) is 5.92 Å². The van der Waals surface area contributed by atoms with E-state index >= 15 is 0 Å². The van der Waals surface area contributed by atoms with Crippen molar-refractivity contribution in [2.24, 2.45) is 15.9 Å². The van der Waals surface area contributed by atoms with Crippen LogP contribution in [0.1, 0.15) is 46.5 Å². The van der Waals surface area contributed by atoms with Crippen LogP contribution in [0.15, 0.2) is 9.98 Å². The lowest BCUT2D eigenvalue weighted by Gasteiger charge is -2.41. The molecule has 30 heavy (non-hydrogen) atoms. The highest BCUT2D eigenvalue weighted by Crippen LogP contribution is 2.51. The van der Waals surface area contributed by atoms with Crippen LogP contribution in [0.3, 0.4) is 0 Å². The lowest BCUT2D eigenvalue weighted by molar-refractivity contribution is -0.158. The van der Waals surface area contributed by atoms with Crippen molar-refractivity contribution in [1.29, 1.82) is 0 Å². The number of aliphatic imine (C=N–C) groups is 2. The van der Waals surface area contributed by atoms with Gasteiger partial charge >= 0.3 is 5.97 Å². The molecule has 5 atom stereocenters. The van der Waals surface area contributed by atoms with E-state index in [1.807, 2.05) is 20.1 Å². The van der Waals surface area contributed by atoms with Crippen molar-refractivity contribution in [3.8, 4) is 0 Å². The summed E-state index contributed by atoms with van der Waals surface area (Å²) in [6.07, 6.45) is 6.27. The summed E-state index contributed by atoms with van der Waals surface area (Å²) in [4.78, 5) is 37.4. The molecule has 3 saturated heterocycles. The second-order valence-electron chi connectivity index (χ2n) is 9.21. The molecule has 4 rings (SSSR count). The highest BCUT2D eigenvalue weighted by molar-refractivity contribution is 8.01. The molecule has 0 aromatic carbocycles. The smallest absolute Gasteiger partial charge is 0.327 e. The average Bonchev–Trinajstić information content (AvgIpc) is 3.26. The fraction of sp³-hybridized carbons (Fsp3) is 0.810. The number of piperidine rings is 1. The zero-order valence-electron chi connectivity index (χ0n) is 18.1. The van der Waals surface area contributed by atoms with E-state index in [0.717, 1.165) is 51.9 Å². The normalized spacial score (nSPS) is 35.5. The number of carboxylic acids is 1. The molecule has 9 heteroatoms. The summed E-state index contributed by atoms with van der Waals surface area (Å²) in [6, 6.07) is -1.05. The lowest BCUT2D eigenvalue weighted by atomic mass is 9.88. The van der Waals surface area contributed by atoms with Gasteiger partial charge in [0.15, 0.2) is 6.04 Å². The number of amides is 1. The molecular formula is C21H33N5O3S. The summed E-state index contributed by atoms with van der Waals surface area (Å²) in [5.41, 5.74) is 0. The first-order valence-corrected chi connectivity index (χ1v) is 12.0. The van der Waals surface area contributed by atoms with Crippen molar-refractivity contribution in [1.82, 2.24) is 15.1 Å². The van der Waals surface area contributed by atoms with Crippen LogP contribution in [0.5, 0.6) is 0 Å². The number of thioether (sulfide) groups is 1. The molecule has 0 aromatic rings. The van der Waals surface area contributed by atoms with Crippen LogP contribution < -0.4 is 5.32 Å². The quantitative estimate of drug-likeness (QED) is 0.464. The number of amidine groups is 1. The van der Waals surface area contributed by atoms with Gasteiger partial charge in [0, 0.05) is 36.5 Å². The molecular weight excluding hydrogens is 402 g/mol. The molecule has 166 valence electrons. The summed E-state index contributed by atoms with van der Waals surface area (Å²) < 4.78 is -0.500. The van der Waals surface area contributed by atoms with Crippen molar-refractivity contribution in [3.05, 3.63) is 0 Å². The first-order valence-electron chi connectivity index (χ1n) is 11.1. The van der Waals surface area contributed by atoms with Gasteiger partial charge in [-0.3, -0.25) is 14.8 Å². The third-order valence-corrected chi connectivity index (χ3v) is 8.36. The molecule has 1 amide bonds. The molecule has 3 fully saturated rings. The molecule has 4 aliphatic heterocycles. The maximum atomic E-state index is 12.6. The molecule has 2 N–H and O–H groups in total. The Morgan fingerprint density at radius 1 is 1.47 bits per heavy atom. The van der Waals surface area contributed by atoms with Crippen molar-refractivity contribution in [2.75, 3.05) is 26.2 Å². The van der Waals surface area contributed by atoms with Crippen LogP contribution in [0.4, 0.5) is 0 Å². The van der Waals surface area contributed by atoms with Crippen LogP contribution in [-0.4, -0.2) is 93.3 Å². The van der Waals surface area contributed by atoms with Gasteiger partial charge in [-0.15, -0.1) is 11.8 Å². The Kier molecular flexibility index (Phi) is 6.12. The molecule has 0 aliphatic carbocycles. The van der Waals surface area contributed by atoms with Gasteiger partial charge in [-0.1, -0.05) is 0 Å². The third-order valence-electron chi connectivity index (χ3n) is 6.81. The molecule has 0 spiro atoms. The number of carboxylic acid groups (broad SMARTS) is 1. The number of nitrogens with one attached hydrogen (secondary N) is 1. The van der Waals surface area contributed by atoms with E-state index in [4.69, 9.17) is 0 Å². The zero-order chi connectivity index (χ0) is 21.5. The average molecular weight is 436 g/mol. The minimum atomic E-state index is -0.934. The largest absolute Gasteiger partial charge is 0.480 e. The molecule has 2 unspecified atom stereocenters. The van der Waals surface area contributed by atoms with Crippen LogP contribution >= 0.6 is 11.8 Å². The summed E-state index contributed by atoms with van der Waals surface area (Å²) >= 11 is 1.55. The number of carbonyl (C=O) groups excluding carboxylic acids is 1. The standard InChI is InChI=1S/C21H33N5O3S/c1-4-25-10-9-23-15(25)6-5-13-7-8-22-14(11-13)12-24-16-18(27)26-17(20(28)29)21(2,3)30-19(16)26/h12-14,16-17,19,22H,4-11H2,1-3H3,(H,28,29)/t13?,14?,16-,17+,19-/m1/s1. The van der Waals surface area contributed by atoms with Crippen LogP contribution in [0.2, 0.25) is 0 Å². The summed E-state index contributed by atoms with van der Waals surface area (Å²) in [6.45, 7) is 9.94. The molecule has 4 heterocycles. The first-order chi connectivity index (χ1) is 14.3. The summed E-state index contributed by atoms with van der Waals surface area (Å²) in [7, 11) is 0. The van der Waals surface area contributed by atoms with Gasteiger partial charge < -0.3 is 20.2 Å². The Balaban J connectivity index is 1.30. The predicted octanol–water partition coefficient (Wildman–Crippen LogP) is 1.46. The number of carbonyl (C=O) groups is 2. The van der Waals surface area contributed by atoms with E-state index in [0.29, 0.717) is 5.92 Å². The van der Waals surface area contributed by atoms with E-state index in [1.165, 1.54) is 10.7 Å². The maximum Gasteiger partial charge on any atom is 0.327 e. The fourth-order valence-corrected chi connectivity index (χ4v) is 6.80. The van der Waals surface area contributed by atoms with Gasteiger partial charge in [-0.05, 0) is 52.5 Å². The first kappa shape index (κ1) is 21.6. The second-order valence-corrected chi connectivity index (χ2v) is 11.0. The third kappa shape index (κ3) is 3.98. The summed E-state index contributed by atoms with van der Waals surface area (Å²) in [5, 5.41) is 12.9. The van der Waals surface area contributed by atoms with E-state index in [9.17, 15) is 14.7 Å². The molecule has 8 nitrogen and oxygen atoms in total. The highest BCUT2D eigenvalue weighted by atomic mass is 32.2. The van der Waals surface area contributed by atoms with Gasteiger partial charge in [0.25, 0.3) is 5.91 Å². The molecule has 0 bridgehead atoms. The van der Waals surface area contributed by atoms with Gasteiger partial charge in [0.1, 0.15) is 11.4 Å². The number of aliphatic carboxylic acids is 1. The maximum absolute atomic E-state index is 12.6. The molecule has 0 radical (unpaired) electrons. The molecule has 0 aromatic heterocycles. The Morgan fingerprint density at radius 3 is 3.00 bits per heavy atom. The number of rotatable bonds is 7. The monoisotopic (exact) mass is 435 g/mol. The van der Waals surface area contributed by atoms with Crippen LogP contribution in [-0.2, 0) is 9.59 Å². The number of likely N-dealkylation sites (N-methyl/N-ethyl adjacent to an activating group) is 1. The second kappa shape index (κ2) is 8.49. The highest BCUT2D eigenvalue weighted by Gasteiger charge is 2.63. The molecule has 0 saturated carbocycles. The zero-order valence-corrected chi connectivity index (χ0v) is 18.9. The number of nitrogens with zero attached hydrogens (tertiary/aromatic N) is 4. The Hall–Kier alpha value is -1.61. The summed E-state index contributed by atoms with van der Waals surface area (Å²) in [5.74, 6) is 0.800. The number of hydrogen-bond donors (Lipinski definition) is 2. The van der Waals surface area contributed by atoms with E-state index in [1.54, 1.807) is 11.8 Å². The van der Waals surface area contributed by atoms with E-state index < -0.39 is 22.8 Å². The number of β-lactam (4-membered cyclic amide) rings is 1. The Labute approximate surface area is 182 Å². The Bertz CT molecular complexity index is 755.